The number of nitrogens with zero attached hydrogens (tertiary/aromatic N) is 1. The summed E-state index contributed by atoms with van der Waals surface area (Å²) in [7, 11) is 1.75. The number of piperidine rings is 1. The van der Waals surface area contributed by atoms with E-state index in [1.165, 1.54) is 0 Å². The Labute approximate surface area is 122 Å². The molecule has 1 amide bonds. The minimum absolute atomic E-state index is 0.141. The number of hydrogen-bond donors (Lipinski definition) is 0. The third-order valence-electron chi connectivity index (χ3n) is 3.53. The molecule has 0 saturated carbocycles. The van der Waals surface area contributed by atoms with Crippen molar-refractivity contribution in [1.82, 2.24) is 4.90 Å². The highest BCUT2D eigenvalue weighted by atomic mass is 127. The molecule has 0 spiro atoms. The van der Waals surface area contributed by atoms with Crippen LogP contribution >= 0.6 is 22.6 Å². The lowest BCUT2D eigenvalue weighted by atomic mass is 9.99. The van der Waals surface area contributed by atoms with Crippen LogP contribution in [-0.2, 0) is 4.74 Å². The van der Waals surface area contributed by atoms with Crippen LogP contribution in [0.5, 0.6) is 0 Å². The van der Waals surface area contributed by atoms with Crippen LogP contribution < -0.4 is 0 Å². The molecule has 4 heteroatoms. The van der Waals surface area contributed by atoms with E-state index in [4.69, 9.17) is 4.74 Å². The maximum Gasteiger partial charge on any atom is 0.255 e. The number of carbonyl (C=O) groups excluding carboxylic acids is 1. The summed E-state index contributed by atoms with van der Waals surface area (Å²) in [5.74, 6) is 0.141. The van der Waals surface area contributed by atoms with E-state index < -0.39 is 0 Å². The van der Waals surface area contributed by atoms with Crippen LogP contribution in [0.25, 0.3) is 0 Å². The SMILES string of the molecule is COC1CCN(C(=O)c2ccccc2I)C(C)C1. The number of hydrogen-bond acceptors (Lipinski definition) is 2. The number of likely N-dealkylation sites (tertiary alicyclic amines) is 1. The van der Waals surface area contributed by atoms with E-state index in [9.17, 15) is 4.79 Å². The smallest absolute Gasteiger partial charge is 0.255 e. The zero-order chi connectivity index (χ0) is 13.1. The van der Waals surface area contributed by atoms with Gasteiger partial charge in [-0.2, -0.15) is 0 Å². The zero-order valence-electron chi connectivity index (χ0n) is 10.7. The number of benzene rings is 1. The Bertz CT molecular complexity index is 436. The Kier molecular flexibility index (Phi) is 4.61. The molecule has 0 radical (unpaired) electrons. The molecule has 18 heavy (non-hydrogen) atoms. The van der Waals surface area contributed by atoms with Gasteiger partial charge >= 0.3 is 0 Å². The third kappa shape index (κ3) is 2.85. The number of rotatable bonds is 2. The maximum absolute atomic E-state index is 12.5. The number of methoxy groups -OCH3 is 1. The molecule has 0 aliphatic carbocycles. The van der Waals surface area contributed by atoms with Gasteiger partial charge in [-0.05, 0) is 54.5 Å². The normalized spacial score (nSPS) is 24.1. The number of carbonyl (C=O) groups is 1. The molecule has 1 aliphatic rings. The Balaban J connectivity index is 2.13. The molecule has 0 aromatic heterocycles. The van der Waals surface area contributed by atoms with Crippen molar-refractivity contribution in [3.8, 4) is 0 Å². The second kappa shape index (κ2) is 6.02. The van der Waals surface area contributed by atoms with Crippen molar-refractivity contribution in [2.45, 2.75) is 31.9 Å². The molecule has 1 aromatic carbocycles. The van der Waals surface area contributed by atoms with Crippen molar-refractivity contribution in [1.29, 1.82) is 0 Å². The van der Waals surface area contributed by atoms with Gasteiger partial charge in [-0.25, -0.2) is 0 Å². The summed E-state index contributed by atoms with van der Waals surface area (Å²) in [5.41, 5.74) is 0.806. The lowest BCUT2D eigenvalue weighted by Gasteiger charge is -2.37. The molecule has 0 bridgehead atoms. The van der Waals surface area contributed by atoms with Crippen LogP contribution in [0, 0.1) is 3.57 Å². The van der Waals surface area contributed by atoms with Crippen molar-refractivity contribution in [2.75, 3.05) is 13.7 Å². The van der Waals surface area contributed by atoms with E-state index in [1.54, 1.807) is 7.11 Å². The van der Waals surface area contributed by atoms with E-state index in [0.717, 1.165) is 28.5 Å². The Morgan fingerprint density at radius 3 is 2.78 bits per heavy atom. The monoisotopic (exact) mass is 359 g/mol. The van der Waals surface area contributed by atoms with Gasteiger partial charge in [0.05, 0.1) is 11.7 Å². The van der Waals surface area contributed by atoms with Gasteiger partial charge in [0.15, 0.2) is 0 Å². The molecule has 1 fully saturated rings. The zero-order valence-corrected chi connectivity index (χ0v) is 12.9. The molecule has 1 heterocycles. The maximum atomic E-state index is 12.5. The van der Waals surface area contributed by atoms with Gasteiger partial charge in [-0.1, -0.05) is 12.1 Å². The quantitative estimate of drug-likeness (QED) is 0.760. The fourth-order valence-corrected chi connectivity index (χ4v) is 3.05. The molecule has 0 N–H and O–H groups in total. The third-order valence-corrected chi connectivity index (χ3v) is 4.47. The van der Waals surface area contributed by atoms with Crippen LogP contribution in [0.3, 0.4) is 0 Å². The lowest BCUT2D eigenvalue weighted by molar-refractivity contribution is 0.0159. The minimum Gasteiger partial charge on any atom is -0.381 e. The molecule has 2 rings (SSSR count). The Morgan fingerprint density at radius 2 is 2.17 bits per heavy atom. The van der Waals surface area contributed by atoms with Crippen LogP contribution in [0.15, 0.2) is 24.3 Å². The van der Waals surface area contributed by atoms with Crippen molar-refractivity contribution < 1.29 is 9.53 Å². The predicted octanol–water partition coefficient (Wildman–Crippen LogP) is 2.93. The summed E-state index contributed by atoms with van der Waals surface area (Å²) in [6, 6.07) is 7.99. The first-order valence-electron chi connectivity index (χ1n) is 6.21. The largest absolute Gasteiger partial charge is 0.381 e. The van der Waals surface area contributed by atoms with Gasteiger partial charge in [0.2, 0.25) is 0 Å². The topological polar surface area (TPSA) is 29.5 Å². The average Bonchev–Trinajstić information content (AvgIpc) is 2.38. The van der Waals surface area contributed by atoms with Crippen molar-refractivity contribution in [2.24, 2.45) is 0 Å². The molecule has 98 valence electrons. The van der Waals surface area contributed by atoms with E-state index >= 15 is 0 Å². The van der Waals surface area contributed by atoms with Gasteiger partial charge in [0.25, 0.3) is 5.91 Å². The molecule has 2 atom stereocenters. The van der Waals surface area contributed by atoms with Gasteiger partial charge in [-0.15, -0.1) is 0 Å². The minimum atomic E-state index is 0.141. The number of ether oxygens (including phenoxy) is 1. The van der Waals surface area contributed by atoms with Crippen molar-refractivity contribution in [3.63, 3.8) is 0 Å². The highest BCUT2D eigenvalue weighted by molar-refractivity contribution is 14.1. The first kappa shape index (κ1) is 13.8. The summed E-state index contributed by atoms with van der Waals surface area (Å²) in [5, 5.41) is 0. The fraction of sp³-hybridized carbons (Fsp3) is 0.500. The number of amides is 1. The Hall–Kier alpha value is -0.620. The Morgan fingerprint density at radius 1 is 1.44 bits per heavy atom. The van der Waals surface area contributed by atoms with Gasteiger partial charge < -0.3 is 9.64 Å². The van der Waals surface area contributed by atoms with E-state index in [2.05, 4.69) is 29.5 Å². The van der Waals surface area contributed by atoms with Crippen LogP contribution in [0.2, 0.25) is 0 Å². The van der Waals surface area contributed by atoms with Gasteiger partial charge in [-0.3, -0.25) is 4.79 Å². The molecule has 3 nitrogen and oxygen atoms in total. The summed E-state index contributed by atoms with van der Waals surface area (Å²) in [6.45, 7) is 2.88. The second-order valence-corrected chi connectivity index (χ2v) is 5.87. The average molecular weight is 359 g/mol. The standard InChI is InChI=1S/C14H18INO2/c1-10-9-11(18-2)7-8-16(10)14(17)12-5-3-4-6-13(12)15/h3-6,10-11H,7-9H2,1-2H3. The van der Waals surface area contributed by atoms with E-state index in [-0.39, 0.29) is 11.9 Å². The molecular formula is C14H18INO2. The lowest BCUT2D eigenvalue weighted by Crippen LogP contribution is -2.46. The first-order valence-corrected chi connectivity index (χ1v) is 7.29. The fourth-order valence-electron chi connectivity index (χ4n) is 2.43. The molecule has 2 unspecified atom stereocenters. The van der Waals surface area contributed by atoms with E-state index in [1.807, 2.05) is 29.2 Å². The first-order chi connectivity index (χ1) is 8.63. The molecular weight excluding hydrogens is 341 g/mol. The number of halogens is 1. The van der Waals surface area contributed by atoms with Gasteiger partial charge in [0, 0.05) is 23.3 Å². The van der Waals surface area contributed by atoms with E-state index in [0.29, 0.717) is 6.10 Å². The van der Waals surface area contributed by atoms with Crippen LogP contribution in [0.4, 0.5) is 0 Å². The van der Waals surface area contributed by atoms with Gasteiger partial charge in [0.1, 0.15) is 0 Å². The highest BCUT2D eigenvalue weighted by Crippen LogP contribution is 2.23. The van der Waals surface area contributed by atoms with Crippen LogP contribution in [0.1, 0.15) is 30.1 Å². The van der Waals surface area contributed by atoms with Crippen molar-refractivity contribution in [3.05, 3.63) is 33.4 Å². The van der Waals surface area contributed by atoms with Crippen LogP contribution in [-0.4, -0.2) is 36.6 Å². The summed E-state index contributed by atoms with van der Waals surface area (Å²) in [4.78, 5) is 14.5. The summed E-state index contributed by atoms with van der Waals surface area (Å²) in [6.07, 6.45) is 2.14. The predicted molar refractivity (Wildman–Crippen MR) is 79.7 cm³/mol. The molecule has 1 aliphatic heterocycles. The van der Waals surface area contributed by atoms with Crippen molar-refractivity contribution >= 4 is 28.5 Å². The molecule has 1 saturated heterocycles. The summed E-state index contributed by atoms with van der Waals surface area (Å²) >= 11 is 2.22. The highest BCUT2D eigenvalue weighted by Gasteiger charge is 2.29. The molecule has 1 aromatic rings. The second-order valence-electron chi connectivity index (χ2n) is 4.71. The summed E-state index contributed by atoms with van der Waals surface area (Å²) < 4.78 is 6.39.